The minimum absolute atomic E-state index is 0.161. The van der Waals surface area contributed by atoms with E-state index in [0.717, 1.165) is 12.8 Å². The summed E-state index contributed by atoms with van der Waals surface area (Å²) in [5.74, 6) is 0.322. The average Bonchev–Trinajstić information content (AvgIpc) is 2.56. The molecule has 0 bridgehead atoms. The van der Waals surface area contributed by atoms with Gasteiger partial charge in [0.25, 0.3) is 0 Å². The van der Waals surface area contributed by atoms with Crippen LogP contribution in [0.4, 0.5) is 0 Å². The molecular weight excluding hydrogens is 347 g/mol. The van der Waals surface area contributed by atoms with E-state index >= 15 is 0 Å². The molecule has 0 heterocycles. The number of hydrogen-bond acceptors (Lipinski definition) is 4. The summed E-state index contributed by atoms with van der Waals surface area (Å²) >= 11 is 11.7. The molecule has 0 amide bonds. The van der Waals surface area contributed by atoms with Crippen LogP contribution in [0.1, 0.15) is 24.0 Å². The highest BCUT2D eigenvalue weighted by Gasteiger charge is 1.99. The molecule has 2 N–H and O–H groups in total. The maximum atomic E-state index is 9.66. The van der Waals surface area contributed by atoms with Gasteiger partial charge in [0.2, 0.25) is 0 Å². The Bertz CT molecular complexity index is 682. The van der Waals surface area contributed by atoms with Crippen LogP contribution in [0.5, 0.6) is 11.5 Å². The van der Waals surface area contributed by atoms with Crippen molar-refractivity contribution in [2.75, 3.05) is 13.1 Å². The average molecular weight is 365 g/mol. The summed E-state index contributed by atoms with van der Waals surface area (Å²) in [5, 5.41) is 20.4. The van der Waals surface area contributed by atoms with Crippen LogP contribution in [0.15, 0.2) is 46.4 Å². The van der Waals surface area contributed by atoms with Crippen molar-refractivity contribution in [3.63, 3.8) is 0 Å². The van der Waals surface area contributed by atoms with E-state index in [1.54, 1.807) is 48.8 Å². The molecular formula is C18H18Cl2N2O2. The molecule has 4 nitrogen and oxygen atoms in total. The minimum Gasteiger partial charge on any atom is -0.507 e. The number of benzene rings is 2. The van der Waals surface area contributed by atoms with Crippen LogP contribution >= 0.6 is 23.2 Å². The Hall–Kier alpha value is -2.04. The van der Waals surface area contributed by atoms with Crippen LogP contribution < -0.4 is 0 Å². The van der Waals surface area contributed by atoms with E-state index in [1.807, 2.05) is 0 Å². The summed E-state index contributed by atoms with van der Waals surface area (Å²) in [6, 6.07) is 9.69. The van der Waals surface area contributed by atoms with E-state index in [1.165, 1.54) is 0 Å². The number of hydrogen-bond donors (Lipinski definition) is 2. The van der Waals surface area contributed by atoms with Crippen LogP contribution in [-0.4, -0.2) is 35.7 Å². The number of aromatic hydroxyl groups is 2. The maximum absolute atomic E-state index is 9.66. The first-order chi connectivity index (χ1) is 11.6. The van der Waals surface area contributed by atoms with Crippen LogP contribution in [0.25, 0.3) is 0 Å². The van der Waals surface area contributed by atoms with Gasteiger partial charge in [0, 0.05) is 46.7 Å². The quantitative estimate of drug-likeness (QED) is 0.551. The third-order valence-corrected chi connectivity index (χ3v) is 3.73. The second-order valence-corrected chi connectivity index (χ2v) is 6.06. The van der Waals surface area contributed by atoms with Crippen LogP contribution in [0, 0.1) is 0 Å². The van der Waals surface area contributed by atoms with Gasteiger partial charge in [0.15, 0.2) is 0 Å². The second kappa shape index (κ2) is 9.30. The highest BCUT2D eigenvalue weighted by molar-refractivity contribution is 6.31. The largest absolute Gasteiger partial charge is 0.507 e. The monoisotopic (exact) mass is 364 g/mol. The van der Waals surface area contributed by atoms with E-state index in [4.69, 9.17) is 23.2 Å². The lowest BCUT2D eigenvalue weighted by atomic mass is 10.2. The normalized spacial score (nSPS) is 11.6. The number of phenolic OH excluding ortho intramolecular Hbond substituents is 2. The Morgan fingerprint density at radius 1 is 0.750 bits per heavy atom. The maximum Gasteiger partial charge on any atom is 0.124 e. The lowest BCUT2D eigenvalue weighted by Gasteiger charge is -2.00. The van der Waals surface area contributed by atoms with Crippen molar-refractivity contribution in [2.24, 2.45) is 9.98 Å². The first kappa shape index (κ1) is 18.3. The van der Waals surface area contributed by atoms with Crippen molar-refractivity contribution >= 4 is 35.6 Å². The Balaban J connectivity index is 1.71. The van der Waals surface area contributed by atoms with E-state index in [0.29, 0.717) is 34.3 Å². The molecule has 0 radical (unpaired) electrons. The third kappa shape index (κ3) is 5.87. The Morgan fingerprint density at radius 3 is 1.58 bits per heavy atom. The molecule has 126 valence electrons. The van der Waals surface area contributed by atoms with Gasteiger partial charge < -0.3 is 10.2 Å². The van der Waals surface area contributed by atoms with E-state index in [2.05, 4.69) is 9.98 Å². The van der Waals surface area contributed by atoms with Gasteiger partial charge in [-0.2, -0.15) is 0 Å². The summed E-state index contributed by atoms with van der Waals surface area (Å²) in [5.41, 5.74) is 1.22. The first-order valence-corrected chi connectivity index (χ1v) is 8.28. The Kier molecular flexibility index (Phi) is 7.09. The molecule has 6 heteroatoms. The van der Waals surface area contributed by atoms with Crippen molar-refractivity contribution < 1.29 is 10.2 Å². The van der Waals surface area contributed by atoms with Crippen molar-refractivity contribution in [1.82, 2.24) is 0 Å². The highest BCUT2D eigenvalue weighted by Crippen LogP contribution is 2.20. The van der Waals surface area contributed by atoms with E-state index < -0.39 is 0 Å². The van der Waals surface area contributed by atoms with Crippen molar-refractivity contribution in [2.45, 2.75) is 12.8 Å². The molecule has 0 aliphatic heterocycles. The number of nitrogens with zero attached hydrogens (tertiary/aromatic N) is 2. The van der Waals surface area contributed by atoms with Crippen molar-refractivity contribution in [1.29, 1.82) is 0 Å². The first-order valence-electron chi connectivity index (χ1n) is 7.53. The molecule has 0 aliphatic carbocycles. The molecule has 0 atom stereocenters. The topological polar surface area (TPSA) is 65.2 Å². The number of rotatable bonds is 7. The summed E-state index contributed by atoms with van der Waals surface area (Å²) < 4.78 is 0. The van der Waals surface area contributed by atoms with Crippen LogP contribution in [0.3, 0.4) is 0 Å². The summed E-state index contributed by atoms with van der Waals surface area (Å²) in [6.07, 6.45) is 4.98. The standard InChI is InChI=1S/C18H18Cl2N2O2/c19-15-3-5-17(23)13(9-15)11-21-7-1-2-8-22-12-14-10-16(20)4-6-18(14)24/h3-6,9-12,23-24H,1-2,7-8H2. The van der Waals surface area contributed by atoms with E-state index in [-0.39, 0.29) is 11.5 Å². The summed E-state index contributed by atoms with van der Waals surface area (Å²) in [6.45, 7) is 1.29. The third-order valence-electron chi connectivity index (χ3n) is 3.26. The minimum atomic E-state index is 0.161. The molecule has 24 heavy (non-hydrogen) atoms. The van der Waals surface area contributed by atoms with Gasteiger partial charge in [-0.3, -0.25) is 9.98 Å². The van der Waals surface area contributed by atoms with Gasteiger partial charge in [-0.1, -0.05) is 23.2 Å². The molecule has 0 spiro atoms. The predicted octanol–water partition coefficient (Wildman–Crippen LogP) is 4.72. The lowest BCUT2D eigenvalue weighted by molar-refractivity contribution is 0.474. The number of aliphatic imine (C=N–C) groups is 2. The van der Waals surface area contributed by atoms with E-state index in [9.17, 15) is 10.2 Å². The summed E-state index contributed by atoms with van der Waals surface area (Å²) in [7, 11) is 0. The van der Waals surface area contributed by atoms with Crippen LogP contribution in [0.2, 0.25) is 10.0 Å². The van der Waals surface area contributed by atoms with Crippen molar-refractivity contribution in [3.8, 4) is 11.5 Å². The van der Waals surface area contributed by atoms with Crippen molar-refractivity contribution in [3.05, 3.63) is 57.6 Å². The number of unbranched alkanes of at least 4 members (excludes halogenated alkanes) is 1. The van der Waals surface area contributed by atoms with Gasteiger partial charge in [-0.25, -0.2) is 0 Å². The Morgan fingerprint density at radius 2 is 1.17 bits per heavy atom. The highest BCUT2D eigenvalue weighted by atomic mass is 35.5. The molecule has 2 rings (SSSR count). The zero-order valence-corrected chi connectivity index (χ0v) is 14.5. The zero-order valence-electron chi connectivity index (χ0n) is 13.0. The molecule has 0 aliphatic rings. The summed E-state index contributed by atoms with van der Waals surface area (Å²) in [4.78, 5) is 8.54. The zero-order chi connectivity index (χ0) is 17.4. The smallest absolute Gasteiger partial charge is 0.124 e. The fraction of sp³-hybridized carbons (Fsp3) is 0.222. The number of phenols is 2. The molecule has 2 aromatic carbocycles. The fourth-order valence-electron chi connectivity index (χ4n) is 1.99. The van der Waals surface area contributed by atoms with Gasteiger partial charge in [0.05, 0.1) is 0 Å². The van der Waals surface area contributed by atoms with Crippen LogP contribution in [-0.2, 0) is 0 Å². The SMILES string of the molecule is Oc1ccc(Cl)cc1C=NCCCCN=Cc1cc(Cl)ccc1O. The van der Waals surface area contributed by atoms with Gasteiger partial charge in [0.1, 0.15) is 11.5 Å². The molecule has 0 unspecified atom stereocenters. The molecule has 0 saturated carbocycles. The second-order valence-electron chi connectivity index (χ2n) is 5.18. The molecule has 0 aromatic heterocycles. The van der Waals surface area contributed by atoms with Gasteiger partial charge in [-0.15, -0.1) is 0 Å². The van der Waals surface area contributed by atoms with Gasteiger partial charge in [-0.05, 0) is 49.2 Å². The predicted molar refractivity (Wildman–Crippen MR) is 100 cm³/mol. The van der Waals surface area contributed by atoms with Gasteiger partial charge >= 0.3 is 0 Å². The molecule has 0 fully saturated rings. The fourth-order valence-corrected chi connectivity index (χ4v) is 2.35. The Labute approximate surface area is 151 Å². The lowest BCUT2D eigenvalue weighted by Crippen LogP contribution is -1.90. The number of halogens is 2. The molecule has 2 aromatic rings. The molecule has 0 saturated heterocycles.